The third-order valence-corrected chi connectivity index (χ3v) is 3.91. The van der Waals surface area contributed by atoms with E-state index in [1.165, 1.54) is 0 Å². The molecule has 1 heterocycles. The highest BCUT2D eigenvalue weighted by Gasteiger charge is 2.18. The Hall–Kier alpha value is -2.12. The van der Waals surface area contributed by atoms with Crippen LogP contribution in [0.25, 0.3) is 11.1 Å². The quantitative estimate of drug-likeness (QED) is 0.830. The van der Waals surface area contributed by atoms with E-state index in [1.807, 2.05) is 19.0 Å². The van der Waals surface area contributed by atoms with Gasteiger partial charge in [-0.25, -0.2) is 4.79 Å². The molecule has 2 unspecified atom stereocenters. The van der Waals surface area contributed by atoms with Crippen LogP contribution in [0, 0.1) is 5.92 Å². The average molecular weight is 320 g/mol. The number of hydrogen-bond donors (Lipinski definition) is 2. The van der Waals surface area contributed by atoms with E-state index in [-0.39, 0.29) is 17.9 Å². The largest absolute Gasteiger partial charge is 0.419 e. The van der Waals surface area contributed by atoms with Crippen LogP contribution in [-0.2, 0) is 11.3 Å². The van der Waals surface area contributed by atoms with E-state index in [0.29, 0.717) is 29.9 Å². The summed E-state index contributed by atoms with van der Waals surface area (Å²) in [6, 6.07) is 4.93. The van der Waals surface area contributed by atoms with Crippen LogP contribution in [0.3, 0.4) is 0 Å². The van der Waals surface area contributed by atoms with Crippen molar-refractivity contribution in [2.24, 2.45) is 11.7 Å². The fraction of sp³-hybridized carbons (Fsp3) is 0.500. The van der Waals surface area contributed by atoms with Gasteiger partial charge in [-0.05, 0) is 39.2 Å². The van der Waals surface area contributed by atoms with Crippen molar-refractivity contribution in [3.63, 3.8) is 0 Å². The Bertz CT molecular complexity index is 745. The zero-order valence-electron chi connectivity index (χ0n) is 14.0. The van der Waals surface area contributed by atoms with Gasteiger partial charge in [-0.3, -0.25) is 9.36 Å². The van der Waals surface area contributed by atoms with E-state index in [0.717, 1.165) is 0 Å². The van der Waals surface area contributed by atoms with Crippen LogP contribution < -0.4 is 16.8 Å². The summed E-state index contributed by atoms with van der Waals surface area (Å²) in [4.78, 5) is 26.0. The second-order valence-electron chi connectivity index (χ2n) is 6.14. The van der Waals surface area contributed by atoms with Gasteiger partial charge >= 0.3 is 5.76 Å². The molecule has 0 aliphatic heterocycles. The fourth-order valence-corrected chi connectivity index (χ4v) is 2.15. The zero-order valence-corrected chi connectivity index (χ0v) is 14.0. The molecule has 7 heteroatoms. The Kier molecular flexibility index (Phi) is 5.23. The van der Waals surface area contributed by atoms with Crippen LogP contribution >= 0.6 is 0 Å². The topological polar surface area (TPSA) is 93.5 Å². The molecule has 2 atom stereocenters. The molecule has 0 aliphatic rings. The first-order valence-electron chi connectivity index (χ1n) is 7.64. The summed E-state index contributed by atoms with van der Waals surface area (Å²) < 4.78 is 6.80. The van der Waals surface area contributed by atoms with Crippen molar-refractivity contribution >= 4 is 22.7 Å². The number of fused-ring (bicyclic) bond motifs is 1. The molecular weight excluding hydrogens is 296 g/mol. The number of nitrogens with zero attached hydrogens (tertiary/aromatic N) is 2. The Morgan fingerprint density at radius 3 is 2.70 bits per heavy atom. The number of likely N-dealkylation sites (N-methyl/N-ethyl adjacent to an activating group) is 1. The lowest BCUT2D eigenvalue weighted by molar-refractivity contribution is -0.119. The normalized spacial score (nSPS) is 14.2. The van der Waals surface area contributed by atoms with Crippen molar-refractivity contribution in [2.75, 3.05) is 26.0 Å². The molecule has 0 fully saturated rings. The monoisotopic (exact) mass is 320 g/mol. The van der Waals surface area contributed by atoms with Gasteiger partial charge in [-0.1, -0.05) is 6.92 Å². The van der Waals surface area contributed by atoms with Crippen molar-refractivity contribution in [2.45, 2.75) is 26.4 Å². The first kappa shape index (κ1) is 17.2. The predicted molar refractivity (Wildman–Crippen MR) is 90.5 cm³/mol. The number of carbonyl (C=O) groups is 1. The molecular formula is C16H24N4O3. The number of carbonyl (C=O) groups excluding carboxylic acids is 1. The van der Waals surface area contributed by atoms with Gasteiger partial charge < -0.3 is 20.4 Å². The summed E-state index contributed by atoms with van der Waals surface area (Å²) in [6.45, 7) is 4.81. The smallest absolute Gasteiger partial charge is 0.408 e. The third kappa shape index (κ3) is 4.00. The molecule has 0 saturated heterocycles. The van der Waals surface area contributed by atoms with Crippen LogP contribution in [0.5, 0.6) is 0 Å². The van der Waals surface area contributed by atoms with Crippen molar-refractivity contribution in [1.29, 1.82) is 0 Å². The first-order chi connectivity index (χ1) is 10.8. The lowest BCUT2D eigenvalue weighted by atomic mass is 10.0. The molecule has 0 spiro atoms. The molecule has 126 valence electrons. The minimum atomic E-state index is -0.394. The van der Waals surface area contributed by atoms with Crippen LogP contribution in [0.15, 0.2) is 27.4 Å². The molecule has 0 radical (unpaired) electrons. The highest BCUT2D eigenvalue weighted by molar-refractivity contribution is 5.94. The number of oxazole rings is 1. The van der Waals surface area contributed by atoms with Crippen LogP contribution in [-0.4, -0.2) is 42.1 Å². The maximum atomic E-state index is 12.1. The number of nitrogens with one attached hydrogen (secondary N) is 1. The predicted octanol–water partition coefficient (Wildman–Crippen LogP) is 1.08. The zero-order chi connectivity index (χ0) is 17.1. The van der Waals surface area contributed by atoms with Crippen molar-refractivity contribution in [3.8, 4) is 0 Å². The molecule has 0 aliphatic carbocycles. The van der Waals surface area contributed by atoms with E-state index >= 15 is 0 Å². The second-order valence-corrected chi connectivity index (χ2v) is 6.14. The highest BCUT2D eigenvalue weighted by atomic mass is 16.4. The lowest BCUT2D eigenvalue weighted by Crippen LogP contribution is -2.34. The molecule has 1 aromatic heterocycles. The van der Waals surface area contributed by atoms with Crippen molar-refractivity contribution < 1.29 is 9.21 Å². The third-order valence-electron chi connectivity index (χ3n) is 3.91. The van der Waals surface area contributed by atoms with Crippen LogP contribution in [0.2, 0.25) is 0 Å². The van der Waals surface area contributed by atoms with Gasteiger partial charge in [-0.2, -0.15) is 0 Å². The number of nitrogens with two attached hydrogens (primary N) is 1. The Balaban J connectivity index is 2.28. The van der Waals surface area contributed by atoms with Gasteiger partial charge in [0.15, 0.2) is 5.58 Å². The summed E-state index contributed by atoms with van der Waals surface area (Å²) >= 11 is 0. The Morgan fingerprint density at radius 1 is 1.39 bits per heavy atom. The molecule has 7 nitrogen and oxygen atoms in total. The maximum absolute atomic E-state index is 12.1. The summed E-state index contributed by atoms with van der Waals surface area (Å²) in [5, 5.41) is 2.83. The molecule has 2 aromatic rings. The first-order valence-corrected chi connectivity index (χ1v) is 7.64. The average Bonchev–Trinajstić information content (AvgIpc) is 2.79. The van der Waals surface area contributed by atoms with Gasteiger partial charge in [0.2, 0.25) is 5.91 Å². The highest BCUT2D eigenvalue weighted by Crippen LogP contribution is 2.19. The number of rotatable bonds is 6. The summed E-state index contributed by atoms with van der Waals surface area (Å²) in [5.74, 6) is -0.842. The molecule has 3 N–H and O–H groups in total. The number of benzene rings is 1. The van der Waals surface area contributed by atoms with E-state index in [2.05, 4.69) is 5.32 Å². The molecule has 23 heavy (non-hydrogen) atoms. The minimum Gasteiger partial charge on any atom is -0.408 e. The standard InChI is InChI=1S/C16H24N4O3/c1-10(11(2)17)15(21)18-12-5-6-14-13(9-12)20(16(22)23-14)8-7-19(3)4/h5-6,9-11H,7-8,17H2,1-4H3,(H,18,21). The van der Waals surface area contributed by atoms with E-state index in [9.17, 15) is 9.59 Å². The summed E-state index contributed by atoms with van der Waals surface area (Å²) in [6.07, 6.45) is 0. The van der Waals surface area contributed by atoms with Gasteiger partial charge in [0.1, 0.15) is 0 Å². The minimum absolute atomic E-state index is 0.148. The van der Waals surface area contributed by atoms with E-state index in [1.54, 1.807) is 36.6 Å². The Labute approximate surface area is 135 Å². The van der Waals surface area contributed by atoms with Crippen molar-refractivity contribution in [1.82, 2.24) is 9.47 Å². The molecule has 1 amide bonds. The van der Waals surface area contributed by atoms with Gasteiger partial charge in [0.25, 0.3) is 0 Å². The number of hydrogen-bond acceptors (Lipinski definition) is 5. The summed E-state index contributed by atoms with van der Waals surface area (Å²) in [5.41, 5.74) is 7.55. The van der Waals surface area contributed by atoms with Crippen molar-refractivity contribution in [3.05, 3.63) is 28.7 Å². The SMILES string of the molecule is CC(N)C(C)C(=O)Nc1ccc2oc(=O)n(CCN(C)C)c2c1. The molecule has 2 rings (SSSR count). The molecule has 0 bridgehead atoms. The molecule has 1 aromatic carbocycles. The molecule has 0 saturated carbocycles. The summed E-state index contributed by atoms with van der Waals surface area (Å²) in [7, 11) is 3.88. The number of amides is 1. The van der Waals surface area contributed by atoms with E-state index in [4.69, 9.17) is 10.2 Å². The van der Waals surface area contributed by atoms with Gasteiger partial charge in [0.05, 0.1) is 11.4 Å². The number of anilines is 1. The Morgan fingerprint density at radius 2 is 2.09 bits per heavy atom. The maximum Gasteiger partial charge on any atom is 0.419 e. The number of aromatic nitrogens is 1. The fourth-order valence-electron chi connectivity index (χ4n) is 2.15. The van der Waals surface area contributed by atoms with Crippen LogP contribution in [0.4, 0.5) is 5.69 Å². The van der Waals surface area contributed by atoms with E-state index < -0.39 is 5.76 Å². The van der Waals surface area contributed by atoms with Gasteiger partial charge in [-0.15, -0.1) is 0 Å². The van der Waals surface area contributed by atoms with Crippen LogP contribution in [0.1, 0.15) is 13.8 Å². The second kappa shape index (κ2) is 6.97. The lowest BCUT2D eigenvalue weighted by Gasteiger charge is -2.15. The van der Waals surface area contributed by atoms with Gasteiger partial charge in [0, 0.05) is 24.8 Å².